The highest BCUT2D eigenvalue weighted by atomic mass is 127. The van der Waals surface area contributed by atoms with E-state index in [2.05, 4.69) is 31.2 Å². The Morgan fingerprint density at radius 2 is 1.65 bits per heavy atom. The molecule has 1 saturated heterocycles. The van der Waals surface area contributed by atoms with Gasteiger partial charge in [0, 0.05) is 12.8 Å². The Morgan fingerprint density at radius 1 is 1.05 bits per heavy atom. The lowest BCUT2D eigenvalue weighted by Crippen LogP contribution is -2.41. The molecule has 110 valence electrons. The molecule has 0 N–H and O–H groups in total. The molecule has 0 bridgehead atoms. The number of hydrogen-bond donors (Lipinski definition) is 0. The molecule has 1 aliphatic carbocycles. The van der Waals surface area contributed by atoms with Gasteiger partial charge in [-0.1, -0.05) is 37.3 Å². The molecule has 0 aromatic heterocycles. The van der Waals surface area contributed by atoms with E-state index in [1.54, 1.807) is 0 Å². The van der Waals surface area contributed by atoms with Gasteiger partial charge >= 0.3 is 0 Å². The van der Waals surface area contributed by atoms with Crippen molar-refractivity contribution in [1.29, 1.82) is 0 Å². The smallest absolute Gasteiger partial charge is 0.168 e. The molecule has 1 unspecified atom stereocenters. The summed E-state index contributed by atoms with van der Waals surface area (Å²) in [6.45, 7) is 3.80. The van der Waals surface area contributed by atoms with E-state index in [1.165, 1.54) is 5.56 Å². The minimum Gasteiger partial charge on any atom is -0.348 e. The van der Waals surface area contributed by atoms with Crippen LogP contribution < -0.4 is 0 Å². The first kappa shape index (κ1) is 14.8. The molecular weight excluding hydrogens is 367 g/mol. The summed E-state index contributed by atoms with van der Waals surface area (Å²) >= 11 is 2.04. The van der Waals surface area contributed by atoms with Gasteiger partial charge in [0.25, 0.3) is 0 Å². The summed E-state index contributed by atoms with van der Waals surface area (Å²) < 4.78 is 17.5. The molecule has 3 rings (SSSR count). The monoisotopic (exact) mass is 388 g/mol. The third-order valence-corrected chi connectivity index (χ3v) is 5.30. The molecular formula is C16H21IO3. The van der Waals surface area contributed by atoms with Crippen molar-refractivity contribution < 1.29 is 12.5 Å². The van der Waals surface area contributed by atoms with Crippen molar-refractivity contribution in [3.63, 3.8) is 0 Å². The van der Waals surface area contributed by atoms with Crippen LogP contribution in [0, 0.1) is 5.41 Å². The van der Waals surface area contributed by atoms with Crippen molar-refractivity contribution >= 4 is 23.0 Å². The Bertz CT molecular complexity index is 432. The van der Waals surface area contributed by atoms with E-state index in [1.807, 2.05) is 29.1 Å². The molecule has 1 aromatic carbocycles. The van der Waals surface area contributed by atoms with Crippen LogP contribution in [0.2, 0.25) is 0 Å². The maximum atomic E-state index is 5.83. The van der Waals surface area contributed by atoms with Crippen LogP contribution in [0.5, 0.6) is 0 Å². The summed E-state index contributed by atoms with van der Waals surface area (Å²) in [5, 5.41) is 0. The fourth-order valence-corrected chi connectivity index (χ4v) is 4.35. The predicted octanol–water partition coefficient (Wildman–Crippen LogP) is 4.42. The highest BCUT2D eigenvalue weighted by Gasteiger charge is 2.47. The minimum absolute atomic E-state index is 0.128. The highest BCUT2D eigenvalue weighted by Crippen LogP contribution is 2.52. The Balaban J connectivity index is 1.75. The number of hydrogen-bond acceptors (Lipinski definition) is 3. The van der Waals surface area contributed by atoms with Gasteiger partial charge in [-0.2, -0.15) is 0 Å². The van der Waals surface area contributed by atoms with Crippen LogP contribution in [-0.4, -0.2) is 19.0 Å². The Kier molecular flexibility index (Phi) is 4.36. The van der Waals surface area contributed by atoms with E-state index in [-0.39, 0.29) is 17.3 Å². The maximum Gasteiger partial charge on any atom is 0.168 e. The van der Waals surface area contributed by atoms with Gasteiger partial charge in [-0.3, -0.25) is 0 Å². The van der Waals surface area contributed by atoms with Crippen LogP contribution >= 0.6 is 23.0 Å². The van der Waals surface area contributed by atoms with Crippen LogP contribution in [-0.2, 0) is 12.5 Å². The zero-order valence-electron chi connectivity index (χ0n) is 11.8. The predicted molar refractivity (Wildman–Crippen MR) is 85.5 cm³/mol. The molecule has 20 heavy (non-hydrogen) atoms. The molecule has 0 radical (unpaired) electrons. The second kappa shape index (κ2) is 5.91. The standard InChI is InChI=1S/C16H21IO3/c1-15(14(20-17)13-5-3-2-4-6-13)7-9-16(10-8-15)18-11-12-19-16/h2-6,14H,7-12H2,1H3. The van der Waals surface area contributed by atoms with Gasteiger partial charge in [0.15, 0.2) is 5.79 Å². The molecule has 1 atom stereocenters. The van der Waals surface area contributed by atoms with Crippen LogP contribution in [0.3, 0.4) is 0 Å². The fraction of sp³-hybridized carbons (Fsp3) is 0.625. The second-order valence-electron chi connectivity index (χ2n) is 6.14. The minimum atomic E-state index is -0.300. The second-order valence-corrected chi connectivity index (χ2v) is 6.65. The summed E-state index contributed by atoms with van der Waals surface area (Å²) in [6.07, 6.45) is 4.19. The number of benzene rings is 1. The third-order valence-electron chi connectivity index (χ3n) is 4.79. The molecule has 4 heteroatoms. The van der Waals surface area contributed by atoms with Crippen LogP contribution in [0.4, 0.5) is 0 Å². The summed E-state index contributed by atoms with van der Waals surface area (Å²) in [6, 6.07) is 10.5. The zero-order valence-corrected chi connectivity index (χ0v) is 14.0. The quantitative estimate of drug-likeness (QED) is 0.718. The lowest BCUT2D eigenvalue weighted by molar-refractivity contribution is -0.196. The van der Waals surface area contributed by atoms with Crippen molar-refractivity contribution in [2.45, 2.75) is 44.5 Å². The number of rotatable bonds is 3. The molecule has 1 heterocycles. The van der Waals surface area contributed by atoms with E-state index >= 15 is 0 Å². The largest absolute Gasteiger partial charge is 0.348 e. The fourth-order valence-electron chi connectivity index (χ4n) is 3.44. The molecule has 1 spiro atoms. The molecule has 1 aromatic rings. The van der Waals surface area contributed by atoms with Crippen molar-refractivity contribution in [3.05, 3.63) is 35.9 Å². The first-order valence-electron chi connectivity index (χ1n) is 7.28. The van der Waals surface area contributed by atoms with E-state index in [4.69, 9.17) is 12.5 Å². The first-order chi connectivity index (χ1) is 9.68. The van der Waals surface area contributed by atoms with Crippen molar-refractivity contribution in [2.75, 3.05) is 13.2 Å². The number of ether oxygens (including phenoxy) is 2. The van der Waals surface area contributed by atoms with Crippen LogP contribution in [0.1, 0.15) is 44.3 Å². The SMILES string of the molecule is CC1(C(OI)c2ccccc2)CCC2(CC1)OCCO2. The topological polar surface area (TPSA) is 27.7 Å². The van der Waals surface area contributed by atoms with Gasteiger partial charge in [-0.25, -0.2) is 0 Å². The Labute approximate surface area is 134 Å². The zero-order chi connectivity index (χ0) is 14.1. The molecule has 3 nitrogen and oxygen atoms in total. The average molecular weight is 388 g/mol. The van der Waals surface area contributed by atoms with Crippen molar-refractivity contribution in [3.8, 4) is 0 Å². The molecule has 1 aliphatic heterocycles. The Morgan fingerprint density at radius 3 is 2.20 bits per heavy atom. The van der Waals surface area contributed by atoms with E-state index < -0.39 is 0 Å². The van der Waals surface area contributed by atoms with Gasteiger partial charge in [-0.05, 0) is 23.8 Å². The Hall–Kier alpha value is -0.170. The van der Waals surface area contributed by atoms with E-state index in [0.29, 0.717) is 0 Å². The first-order valence-corrected chi connectivity index (χ1v) is 8.16. The number of halogens is 1. The van der Waals surface area contributed by atoms with Gasteiger partial charge < -0.3 is 12.5 Å². The lowest BCUT2D eigenvalue weighted by atomic mass is 9.68. The van der Waals surface area contributed by atoms with Crippen LogP contribution in [0.25, 0.3) is 0 Å². The van der Waals surface area contributed by atoms with E-state index in [9.17, 15) is 0 Å². The third kappa shape index (κ3) is 2.75. The summed E-state index contributed by atoms with van der Waals surface area (Å²) in [4.78, 5) is 0. The van der Waals surface area contributed by atoms with Gasteiger partial charge in [0.2, 0.25) is 0 Å². The average Bonchev–Trinajstić information content (AvgIpc) is 2.94. The summed E-state index contributed by atoms with van der Waals surface area (Å²) in [7, 11) is 0. The van der Waals surface area contributed by atoms with Crippen molar-refractivity contribution in [1.82, 2.24) is 0 Å². The normalized spacial score (nSPS) is 25.7. The van der Waals surface area contributed by atoms with Gasteiger partial charge in [-0.15, -0.1) is 0 Å². The molecule has 0 amide bonds. The van der Waals surface area contributed by atoms with E-state index in [0.717, 1.165) is 38.9 Å². The van der Waals surface area contributed by atoms with Crippen LogP contribution in [0.15, 0.2) is 30.3 Å². The molecule has 2 fully saturated rings. The molecule has 2 aliphatic rings. The lowest BCUT2D eigenvalue weighted by Gasteiger charge is -2.44. The molecule has 1 saturated carbocycles. The highest BCUT2D eigenvalue weighted by molar-refractivity contribution is 14.1. The van der Waals surface area contributed by atoms with Crippen molar-refractivity contribution in [2.24, 2.45) is 5.41 Å². The van der Waals surface area contributed by atoms with Gasteiger partial charge in [0.1, 0.15) is 29.1 Å². The maximum absolute atomic E-state index is 5.83. The summed E-state index contributed by atoms with van der Waals surface area (Å²) in [5.74, 6) is -0.300. The summed E-state index contributed by atoms with van der Waals surface area (Å²) in [5.41, 5.74) is 1.40. The van der Waals surface area contributed by atoms with Gasteiger partial charge in [0.05, 0.1) is 13.2 Å².